The topological polar surface area (TPSA) is 67.9 Å². The highest BCUT2D eigenvalue weighted by Gasteiger charge is 2.33. The fourth-order valence-corrected chi connectivity index (χ4v) is 3.49. The second-order valence-electron chi connectivity index (χ2n) is 6.94. The third kappa shape index (κ3) is 4.99. The first-order chi connectivity index (χ1) is 14.3. The highest BCUT2D eigenvalue weighted by Crippen LogP contribution is 2.38. The number of nitrogens with one attached hydrogen (secondary N) is 1. The summed E-state index contributed by atoms with van der Waals surface area (Å²) in [6.07, 6.45) is 1.54. The van der Waals surface area contributed by atoms with Gasteiger partial charge in [-0.2, -0.15) is 0 Å². The van der Waals surface area contributed by atoms with E-state index < -0.39 is 11.9 Å². The summed E-state index contributed by atoms with van der Waals surface area (Å²) in [5.74, 6) is 0.277. The molecule has 0 unspecified atom stereocenters. The van der Waals surface area contributed by atoms with Crippen LogP contribution in [-0.4, -0.2) is 29.5 Å². The van der Waals surface area contributed by atoms with Crippen molar-refractivity contribution in [2.75, 3.05) is 6.61 Å². The molecule has 30 heavy (non-hydrogen) atoms. The lowest BCUT2D eigenvalue weighted by atomic mass is 10.1. The predicted molar refractivity (Wildman–Crippen MR) is 115 cm³/mol. The van der Waals surface area contributed by atoms with Gasteiger partial charge < -0.3 is 14.8 Å². The van der Waals surface area contributed by atoms with Crippen molar-refractivity contribution in [1.29, 1.82) is 0 Å². The van der Waals surface area contributed by atoms with Crippen LogP contribution in [0.5, 0.6) is 11.5 Å². The van der Waals surface area contributed by atoms with E-state index in [1.807, 2.05) is 20.8 Å². The molecule has 1 N–H and O–H groups in total. The van der Waals surface area contributed by atoms with Crippen molar-refractivity contribution in [3.63, 3.8) is 0 Å². The van der Waals surface area contributed by atoms with Crippen LogP contribution in [0, 0.1) is 5.82 Å². The number of hydrogen-bond donors (Lipinski definition) is 1. The Bertz CT molecular complexity index is 989. The van der Waals surface area contributed by atoms with Crippen LogP contribution in [0.4, 0.5) is 9.18 Å². The summed E-state index contributed by atoms with van der Waals surface area (Å²) >= 11 is 3.49. The maximum absolute atomic E-state index is 13.1. The Balaban J connectivity index is 1.86. The zero-order valence-electron chi connectivity index (χ0n) is 16.9. The Morgan fingerprint density at radius 3 is 2.53 bits per heavy atom. The van der Waals surface area contributed by atoms with Crippen molar-refractivity contribution < 1.29 is 23.5 Å². The molecule has 0 atom stereocenters. The van der Waals surface area contributed by atoms with Crippen LogP contribution in [0.15, 0.2) is 46.6 Å². The van der Waals surface area contributed by atoms with Gasteiger partial charge in [-0.1, -0.05) is 12.1 Å². The Morgan fingerprint density at radius 1 is 1.20 bits per heavy atom. The summed E-state index contributed by atoms with van der Waals surface area (Å²) < 4.78 is 25.3. The van der Waals surface area contributed by atoms with E-state index in [-0.39, 0.29) is 24.2 Å². The first-order valence-electron chi connectivity index (χ1n) is 9.50. The Labute approximate surface area is 182 Å². The second-order valence-corrected chi connectivity index (χ2v) is 7.79. The standard InChI is InChI=1S/C22H22BrFN2O4/c1-4-29-19-11-15(9-17(23)20(19)30-13(2)3)10-18-21(27)26(22(28)25-18)12-14-5-7-16(24)8-6-14/h5-11,13H,4,12H2,1-3H3,(H,25,28)/b18-10+. The number of halogens is 2. The van der Waals surface area contributed by atoms with E-state index in [1.54, 1.807) is 18.2 Å². The van der Waals surface area contributed by atoms with Crippen LogP contribution in [0.25, 0.3) is 6.08 Å². The van der Waals surface area contributed by atoms with E-state index in [0.29, 0.717) is 33.7 Å². The largest absolute Gasteiger partial charge is 0.490 e. The number of carbonyl (C=O) groups excluding carboxylic acids is 2. The number of imide groups is 1. The number of benzene rings is 2. The van der Waals surface area contributed by atoms with Gasteiger partial charge in [0.1, 0.15) is 11.5 Å². The molecule has 1 heterocycles. The number of carbonyl (C=O) groups is 2. The van der Waals surface area contributed by atoms with Gasteiger partial charge in [0.25, 0.3) is 5.91 Å². The highest BCUT2D eigenvalue weighted by molar-refractivity contribution is 9.10. The van der Waals surface area contributed by atoms with Crippen LogP contribution in [0.1, 0.15) is 31.9 Å². The van der Waals surface area contributed by atoms with Gasteiger partial charge in [-0.05, 0) is 78.2 Å². The highest BCUT2D eigenvalue weighted by atomic mass is 79.9. The van der Waals surface area contributed by atoms with Gasteiger partial charge in [-0.25, -0.2) is 9.18 Å². The molecular formula is C22H22BrFN2O4. The summed E-state index contributed by atoms with van der Waals surface area (Å²) in [7, 11) is 0. The Kier molecular flexibility index (Phi) is 6.77. The molecule has 8 heteroatoms. The van der Waals surface area contributed by atoms with Gasteiger partial charge in [0, 0.05) is 0 Å². The SMILES string of the molecule is CCOc1cc(/C=C2/NC(=O)N(Cc3ccc(F)cc3)C2=O)cc(Br)c1OC(C)C. The van der Waals surface area contributed by atoms with Crippen molar-refractivity contribution >= 4 is 33.9 Å². The minimum Gasteiger partial charge on any atom is -0.490 e. The van der Waals surface area contributed by atoms with E-state index in [4.69, 9.17) is 9.47 Å². The Morgan fingerprint density at radius 2 is 1.90 bits per heavy atom. The van der Waals surface area contributed by atoms with Crippen molar-refractivity contribution in [2.24, 2.45) is 0 Å². The summed E-state index contributed by atoms with van der Waals surface area (Å²) in [6, 6.07) is 8.67. The molecule has 3 amide bonds. The number of urea groups is 1. The zero-order valence-corrected chi connectivity index (χ0v) is 18.5. The van der Waals surface area contributed by atoms with Crippen LogP contribution < -0.4 is 14.8 Å². The molecule has 1 saturated heterocycles. The monoisotopic (exact) mass is 476 g/mol. The first-order valence-corrected chi connectivity index (χ1v) is 10.3. The number of hydrogen-bond acceptors (Lipinski definition) is 4. The molecule has 2 aromatic rings. The molecule has 3 rings (SSSR count). The quantitative estimate of drug-likeness (QED) is 0.457. The minimum absolute atomic E-state index is 0.0413. The molecule has 1 fully saturated rings. The van der Waals surface area contributed by atoms with Crippen LogP contribution in [0.2, 0.25) is 0 Å². The smallest absolute Gasteiger partial charge is 0.329 e. The lowest BCUT2D eigenvalue weighted by Gasteiger charge is -2.17. The van der Waals surface area contributed by atoms with Crippen molar-refractivity contribution in [1.82, 2.24) is 10.2 Å². The zero-order chi connectivity index (χ0) is 21.8. The molecule has 6 nitrogen and oxygen atoms in total. The Hall–Kier alpha value is -2.87. The van der Waals surface area contributed by atoms with E-state index in [1.165, 1.54) is 24.3 Å². The van der Waals surface area contributed by atoms with E-state index in [2.05, 4.69) is 21.2 Å². The normalized spacial score (nSPS) is 15.1. The maximum atomic E-state index is 13.1. The number of nitrogens with zero attached hydrogens (tertiary/aromatic N) is 1. The fourth-order valence-electron chi connectivity index (χ4n) is 2.94. The predicted octanol–water partition coefficient (Wildman–Crippen LogP) is 4.87. The first kappa shape index (κ1) is 21.8. The van der Waals surface area contributed by atoms with E-state index in [9.17, 15) is 14.0 Å². The van der Waals surface area contributed by atoms with Gasteiger partial charge >= 0.3 is 6.03 Å². The third-order valence-corrected chi connectivity index (χ3v) is 4.80. The average Bonchev–Trinajstić information content (AvgIpc) is 2.93. The summed E-state index contributed by atoms with van der Waals surface area (Å²) in [5.41, 5.74) is 1.46. The number of ether oxygens (including phenoxy) is 2. The van der Waals surface area contributed by atoms with Gasteiger partial charge in [0.2, 0.25) is 0 Å². The molecule has 158 valence electrons. The van der Waals surface area contributed by atoms with E-state index in [0.717, 1.165) is 4.90 Å². The molecule has 1 aliphatic rings. The fraction of sp³-hybridized carbons (Fsp3) is 0.273. The van der Waals surface area contributed by atoms with Crippen LogP contribution >= 0.6 is 15.9 Å². The van der Waals surface area contributed by atoms with Gasteiger partial charge in [0.15, 0.2) is 11.5 Å². The van der Waals surface area contributed by atoms with Gasteiger partial charge in [0.05, 0.1) is 23.7 Å². The van der Waals surface area contributed by atoms with Gasteiger partial charge in [-0.3, -0.25) is 9.69 Å². The molecular weight excluding hydrogens is 455 g/mol. The molecule has 0 aliphatic carbocycles. The molecule has 0 bridgehead atoms. The number of rotatable bonds is 7. The third-order valence-electron chi connectivity index (χ3n) is 4.21. The van der Waals surface area contributed by atoms with Gasteiger partial charge in [-0.15, -0.1) is 0 Å². The molecule has 0 spiro atoms. The summed E-state index contributed by atoms with van der Waals surface area (Å²) in [4.78, 5) is 26.1. The second kappa shape index (κ2) is 9.30. The molecule has 0 saturated carbocycles. The summed E-state index contributed by atoms with van der Waals surface area (Å²) in [5, 5.41) is 2.59. The minimum atomic E-state index is -0.528. The van der Waals surface area contributed by atoms with Crippen molar-refractivity contribution in [2.45, 2.75) is 33.4 Å². The maximum Gasteiger partial charge on any atom is 0.329 e. The lowest BCUT2D eigenvalue weighted by molar-refractivity contribution is -0.123. The average molecular weight is 477 g/mol. The molecule has 2 aromatic carbocycles. The van der Waals surface area contributed by atoms with Crippen molar-refractivity contribution in [3.8, 4) is 11.5 Å². The molecule has 0 aromatic heterocycles. The lowest BCUT2D eigenvalue weighted by Crippen LogP contribution is -2.30. The van der Waals surface area contributed by atoms with Crippen molar-refractivity contribution in [3.05, 3.63) is 63.5 Å². The van der Waals surface area contributed by atoms with Crippen LogP contribution in [-0.2, 0) is 11.3 Å². The summed E-state index contributed by atoms with van der Waals surface area (Å²) in [6.45, 7) is 6.20. The van der Waals surface area contributed by atoms with E-state index >= 15 is 0 Å². The van der Waals surface area contributed by atoms with Crippen LogP contribution in [0.3, 0.4) is 0 Å². The molecule has 1 aliphatic heterocycles. The molecule has 0 radical (unpaired) electrons. The number of amides is 3.